The fourth-order valence-electron chi connectivity index (χ4n) is 5.16. The second-order valence-electron chi connectivity index (χ2n) is 10.1. The molecule has 2 atom stereocenters. The van der Waals surface area contributed by atoms with E-state index in [4.69, 9.17) is 9.47 Å². The van der Waals surface area contributed by atoms with Gasteiger partial charge in [-0.2, -0.15) is 5.26 Å². The zero-order chi connectivity index (χ0) is 26.6. The average molecular weight is 514 g/mol. The maximum absolute atomic E-state index is 12.0. The SMILES string of the molecule is CC(C)OC(=O)Nc1ccc(C2=C(C#N)c3cc(OCC(O)Cn4ccnn4)ccc3C2C2CCC2)cc1. The zero-order valence-electron chi connectivity index (χ0n) is 21.5. The third-order valence-corrected chi connectivity index (χ3v) is 7.04. The van der Waals surface area contributed by atoms with Gasteiger partial charge in [-0.3, -0.25) is 5.32 Å². The number of nitrogens with zero attached hydrogens (tertiary/aromatic N) is 4. The molecule has 38 heavy (non-hydrogen) atoms. The van der Waals surface area contributed by atoms with E-state index in [1.54, 1.807) is 30.9 Å². The van der Waals surface area contributed by atoms with Gasteiger partial charge in [0.05, 0.1) is 24.4 Å². The molecule has 0 aliphatic heterocycles. The molecule has 9 heteroatoms. The molecule has 0 bridgehead atoms. The summed E-state index contributed by atoms with van der Waals surface area (Å²) in [5, 5.41) is 31.0. The Bertz CT molecular complexity index is 1350. The van der Waals surface area contributed by atoms with Gasteiger partial charge in [0.1, 0.15) is 24.5 Å². The molecule has 2 aromatic carbocycles. The number of carbonyl (C=O) groups excluding carboxylic acids is 1. The highest BCUT2D eigenvalue weighted by molar-refractivity contribution is 6.05. The molecule has 1 amide bonds. The number of allylic oxidation sites excluding steroid dienone is 2. The largest absolute Gasteiger partial charge is 0.491 e. The fraction of sp³-hybridized carbons (Fsp3) is 0.379. The van der Waals surface area contributed by atoms with Gasteiger partial charge >= 0.3 is 6.09 Å². The summed E-state index contributed by atoms with van der Waals surface area (Å²) in [7, 11) is 0. The van der Waals surface area contributed by atoms with Crippen LogP contribution in [0.3, 0.4) is 0 Å². The van der Waals surface area contributed by atoms with E-state index in [1.807, 2.05) is 36.4 Å². The Hall–Kier alpha value is -4.16. The number of nitrogens with one attached hydrogen (secondary N) is 1. The van der Waals surface area contributed by atoms with Gasteiger partial charge in [-0.15, -0.1) is 5.10 Å². The van der Waals surface area contributed by atoms with Crippen LogP contribution in [-0.4, -0.2) is 45.0 Å². The first-order valence-corrected chi connectivity index (χ1v) is 12.9. The Kier molecular flexibility index (Phi) is 7.43. The van der Waals surface area contributed by atoms with Crippen LogP contribution in [0.5, 0.6) is 5.75 Å². The number of anilines is 1. The van der Waals surface area contributed by atoms with Crippen LogP contribution in [0.4, 0.5) is 10.5 Å². The van der Waals surface area contributed by atoms with Gasteiger partial charge in [0.25, 0.3) is 0 Å². The first-order valence-electron chi connectivity index (χ1n) is 12.9. The summed E-state index contributed by atoms with van der Waals surface area (Å²) in [5.41, 5.74) is 5.28. The molecule has 0 saturated heterocycles. The maximum atomic E-state index is 12.0. The highest BCUT2D eigenvalue weighted by Gasteiger charge is 2.39. The molecule has 1 heterocycles. The summed E-state index contributed by atoms with van der Waals surface area (Å²) in [6.07, 6.45) is 5.23. The molecule has 1 saturated carbocycles. The molecule has 196 valence electrons. The summed E-state index contributed by atoms with van der Waals surface area (Å²) in [6.45, 7) is 3.97. The number of aliphatic hydroxyl groups excluding tert-OH is 1. The molecule has 0 radical (unpaired) electrons. The number of fused-ring (bicyclic) bond motifs is 1. The topological polar surface area (TPSA) is 122 Å². The summed E-state index contributed by atoms with van der Waals surface area (Å²) in [6, 6.07) is 15.9. The van der Waals surface area contributed by atoms with Gasteiger partial charge in [-0.1, -0.05) is 29.8 Å². The summed E-state index contributed by atoms with van der Waals surface area (Å²) in [5.74, 6) is 1.21. The number of ether oxygens (including phenoxy) is 2. The molecule has 2 aliphatic carbocycles. The number of rotatable bonds is 9. The van der Waals surface area contributed by atoms with E-state index < -0.39 is 12.2 Å². The van der Waals surface area contributed by atoms with Crippen LogP contribution in [0.15, 0.2) is 54.9 Å². The van der Waals surface area contributed by atoms with E-state index in [0.717, 1.165) is 35.1 Å². The van der Waals surface area contributed by atoms with Crippen molar-refractivity contribution in [1.29, 1.82) is 5.26 Å². The van der Waals surface area contributed by atoms with Crippen LogP contribution in [-0.2, 0) is 11.3 Å². The maximum Gasteiger partial charge on any atom is 0.411 e. The van der Waals surface area contributed by atoms with Crippen LogP contribution < -0.4 is 10.1 Å². The van der Waals surface area contributed by atoms with Crippen molar-refractivity contribution in [2.24, 2.45) is 5.92 Å². The van der Waals surface area contributed by atoms with Crippen molar-refractivity contribution < 1.29 is 19.4 Å². The van der Waals surface area contributed by atoms with E-state index in [2.05, 4.69) is 27.8 Å². The lowest BCUT2D eigenvalue weighted by Gasteiger charge is -2.34. The number of carbonyl (C=O) groups is 1. The van der Waals surface area contributed by atoms with E-state index in [-0.39, 0.29) is 25.2 Å². The van der Waals surface area contributed by atoms with Crippen molar-refractivity contribution in [3.05, 3.63) is 71.5 Å². The Labute approximate surface area is 221 Å². The number of nitriles is 1. The molecule has 2 unspecified atom stereocenters. The summed E-state index contributed by atoms with van der Waals surface area (Å²) in [4.78, 5) is 12.0. The van der Waals surface area contributed by atoms with Crippen molar-refractivity contribution >= 4 is 22.9 Å². The highest BCUT2D eigenvalue weighted by Crippen LogP contribution is 2.55. The van der Waals surface area contributed by atoms with Crippen LogP contribution in [0.25, 0.3) is 11.1 Å². The van der Waals surface area contributed by atoms with Gasteiger partial charge < -0.3 is 14.6 Å². The number of benzene rings is 2. The standard InChI is InChI=1S/C29H31N5O4/c1-18(2)38-29(36)32-21-8-6-20(7-9-21)28-26(15-30)25-14-23(10-11-24(25)27(28)19-4-3-5-19)37-17-22(35)16-34-13-12-31-33-34/h6-14,18-19,22,27,35H,3-5,16-17H2,1-2H3,(H,32,36). The zero-order valence-corrected chi connectivity index (χ0v) is 21.5. The number of aliphatic hydroxyl groups is 1. The predicted molar refractivity (Wildman–Crippen MR) is 142 cm³/mol. The molecule has 0 spiro atoms. The first-order chi connectivity index (χ1) is 18.4. The third kappa shape index (κ3) is 5.41. The van der Waals surface area contributed by atoms with E-state index in [0.29, 0.717) is 22.9 Å². The van der Waals surface area contributed by atoms with Crippen molar-refractivity contribution in [3.63, 3.8) is 0 Å². The molecule has 2 aliphatic rings. The third-order valence-electron chi connectivity index (χ3n) is 7.04. The van der Waals surface area contributed by atoms with Crippen molar-refractivity contribution in [3.8, 4) is 11.8 Å². The predicted octanol–water partition coefficient (Wildman–Crippen LogP) is 5.01. The van der Waals surface area contributed by atoms with Crippen molar-refractivity contribution in [2.45, 2.75) is 57.8 Å². The monoisotopic (exact) mass is 513 g/mol. The second kappa shape index (κ2) is 11.1. The lowest BCUT2D eigenvalue weighted by atomic mass is 9.70. The lowest BCUT2D eigenvalue weighted by molar-refractivity contribution is 0.0888. The fourth-order valence-corrected chi connectivity index (χ4v) is 5.16. The molecule has 1 fully saturated rings. The number of hydrogen-bond acceptors (Lipinski definition) is 7. The summed E-state index contributed by atoms with van der Waals surface area (Å²) >= 11 is 0. The number of amides is 1. The Morgan fingerprint density at radius 1 is 1.24 bits per heavy atom. The molecule has 5 rings (SSSR count). The van der Waals surface area contributed by atoms with Gasteiger partial charge in [0.15, 0.2) is 0 Å². The second-order valence-corrected chi connectivity index (χ2v) is 10.1. The van der Waals surface area contributed by atoms with E-state index >= 15 is 0 Å². The lowest BCUT2D eigenvalue weighted by Crippen LogP contribution is -2.24. The van der Waals surface area contributed by atoms with Gasteiger partial charge in [0.2, 0.25) is 0 Å². The Morgan fingerprint density at radius 3 is 2.66 bits per heavy atom. The minimum absolute atomic E-state index is 0.0941. The van der Waals surface area contributed by atoms with Crippen molar-refractivity contribution in [1.82, 2.24) is 15.0 Å². The Morgan fingerprint density at radius 2 is 2.03 bits per heavy atom. The minimum Gasteiger partial charge on any atom is -0.491 e. The first kappa shape index (κ1) is 25.5. The van der Waals surface area contributed by atoms with Gasteiger partial charge in [-0.25, -0.2) is 9.48 Å². The molecule has 3 aromatic rings. The normalized spacial score (nSPS) is 17.5. The van der Waals surface area contributed by atoms with Crippen LogP contribution in [0, 0.1) is 17.2 Å². The molecule has 9 nitrogen and oxygen atoms in total. The molecular formula is C29H31N5O4. The van der Waals surface area contributed by atoms with E-state index in [9.17, 15) is 15.2 Å². The smallest absolute Gasteiger partial charge is 0.411 e. The van der Waals surface area contributed by atoms with E-state index in [1.165, 1.54) is 6.42 Å². The Balaban J connectivity index is 1.39. The quantitative estimate of drug-likeness (QED) is 0.412. The summed E-state index contributed by atoms with van der Waals surface area (Å²) < 4.78 is 12.6. The minimum atomic E-state index is -0.751. The molecule has 2 N–H and O–H groups in total. The van der Waals surface area contributed by atoms with Crippen LogP contribution >= 0.6 is 0 Å². The van der Waals surface area contributed by atoms with Crippen molar-refractivity contribution in [2.75, 3.05) is 11.9 Å². The number of hydrogen-bond donors (Lipinski definition) is 2. The van der Waals surface area contributed by atoms with Gasteiger partial charge in [-0.05, 0) is 73.6 Å². The van der Waals surface area contributed by atoms with Crippen LogP contribution in [0.2, 0.25) is 0 Å². The number of aromatic nitrogens is 3. The van der Waals surface area contributed by atoms with Crippen LogP contribution in [0.1, 0.15) is 55.7 Å². The highest BCUT2D eigenvalue weighted by atomic mass is 16.6. The molecule has 1 aromatic heterocycles. The molecular weight excluding hydrogens is 482 g/mol. The van der Waals surface area contributed by atoms with Gasteiger partial charge in [0, 0.05) is 23.4 Å². The average Bonchev–Trinajstić information content (AvgIpc) is 3.47.